The van der Waals surface area contributed by atoms with Gasteiger partial charge in [-0.2, -0.15) is 21.0 Å². The van der Waals surface area contributed by atoms with Gasteiger partial charge in [0, 0.05) is 5.92 Å². The summed E-state index contributed by atoms with van der Waals surface area (Å²) in [7, 11) is 0. The van der Waals surface area contributed by atoms with Crippen molar-refractivity contribution in [2.75, 3.05) is 0 Å². The average molecular weight is 258 g/mol. The minimum Gasteiger partial charge on any atom is -0.196 e. The molecule has 1 saturated carbocycles. The Kier molecular flexibility index (Phi) is 3.04. The van der Waals surface area contributed by atoms with Crippen LogP contribution in [0, 0.1) is 56.2 Å². The zero-order valence-corrected chi connectivity index (χ0v) is 10.7. The fraction of sp³-hybridized carbons (Fsp3) is 0.250. The highest BCUT2D eigenvalue weighted by atomic mass is 14.7. The third-order valence-corrected chi connectivity index (χ3v) is 4.02. The van der Waals surface area contributed by atoms with Crippen LogP contribution >= 0.6 is 0 Å². The van der Waals surface area contributed by atoms with Crippen molar-refractivity contribution in [1.82, 2.24) is 0 Å². The molecule has 94 valence electrons. The number of nitriles is 4. The van der Waals surface area contributed by atoms with Gasteiger partial charge in [0.05, 0.1) is 24.3 Å². The first-order valence-electron chi connectivity index (χ1n) is 6.00. The third kappa shape index (κ3) is 1.43. The van der Waals surface area contributed by atoms with Crippen LogP contribution in [0.25, 0.3) is 6.08 Å². The summed E-state index contributed by atoms with van der Waals surface area (Å²) in [5.41, 5.74) is -1.43. The van der Waals surface area contributed by atoms with Crippen molar-refractivity contribution in [2.24, 2.45) is 10.8 Å². The highest BCUT2D eigenvalue weighted by molar-refractivity contribution is 5.52. The van der Waals surface area contributed by atoms with Crippen molar-refractivity contribution in [3.05, 3.63) is 42.0 Å². The topological polar surface area (TPSA) is 95.2 Å². The van der Waals surface area contributed by atoms with Gasteiger partial charge in [0.25, 0.3) is 0 Å². The van der Waals surface area contributed by atoms with Crippen LogP contribution in [0.5, 0.6) is 0 Å². The van der Waals surface area contributed by atoms with E-state index in [1.54, 1.807) is 6.08 Å². The number of hydrogen-bond acceptors (Lipinski definition) is 4. The molecule has 1 fully saturated rings. The second kappa shape index (κ2) is 4.55. The van der Waals surface area contributed by atoms with Crippen LogP contribution in [0.2, 0.25) is 0 Å². The molecule has 0 bridgehead atoms. The summed E-state index contributed by atoms with van der Waals surface area (Å²) < 4.78 is 0. The van der Waals surface area contributed by atoms with Crippen LogP contribution in [0.1, 0.15) is 23.5 Å². The van der Waals surface area contributed by atoms with Gasteiger partial charge in [-0.25, -0.2) is 0 Å². The smallest absolute Gasteiger partial charge is 0.182 e. The molecule has 1 aliphatic rings. The Morgan fingerprint density at radius 2 is 1.55 bits per heavy atom. The zero-order chi connectivity index (χ0) is 14.8. The summed E-state index contributed by atoms with van der Waals surface area (Å²) in [5.74, 6) is -0.421. The van der Waals surface area contributed by atoms with E-state index >= 15 is 0 Å². The quantitative estimate of drug-likeness (QED) is 0.814. The van der Waals surface area contributed by atoms with Gasteiger partial charge in [0.2, 0.25) is 0 Å². The third-order valence-electron chi connectivity index (χ3n) is 4.02. The molecule has 0 aliphatic heterocycles. The van der Waals surface area contributed by atoms with E-state index in [-0.39, 0.29) is 6.42 Å². The van der Waals surface area contributed by atoms with Crippen molar-refractivity contribution in [3.63, 3.8) is 0 Å². The molecule has 0 N–H and O–H groups in total. The molecule has 1 atom stereocenters. The van der Waals surface area contributed by atoms with Gasteiger partial charge in [-0.15, -0.1) is 0 Å². The molecule has 1 aromatic carbocycles. The van der Waals surface area contributed by atoms with Crippen molar-refractivity contribution in [3.8, 4) is 24.3 Å². The molecule has 0 amide bonds. The number of nitrogens with zero attached hydrogens (tertiary/aromatic N) is 4. The van der Waals surface area contributed by atoms with Crippen LogP contribution in [0.15, 0.2) is 30.8 Å². The molecule has 1 unspecified atom stereocenters. The first-order valence-corrected chi connectivity index (χ1v) is 6.00. The Morgan fingerprint density at radius 3 is 1.95 bits per heavy atom. The van der Waals surface area contributed by atoms with Gasteiger partial charge < -0.3 is 0 Å². The zero-order valence-electron chi connectivity index (χ0n) is 10.7. The molecule has 1 aromatic rings. The van der Waals surface area contributed by atoms with Crippen LogP contribution in [-0.4, -0.2) is 0 Å². The summed E-state index contributed by atoms with van der Waals surface area (Å²) in [6.07, 6.45) is 1.90. The fourth-order valence-electron chi connectivity index (χ4n) is 2.68. The molecule has 4 heteroatoms. The summed E-state index contributed by atoms with van der Waals surface area (Å²) in [6, 6.07) is 14.8. The average Bonchev–Trinajstić information content (AvgIpc) is 2.50. The van der Waals surface area contributed by atoms with Gasteiger partial charge in [-0.05, 0) is 17.5 Å². The molecule has 0 radical (unpaired) electrons. The van der Waals surface area contributed by atoms with Gasteiger partial charge in [-0.1, -0.05) is 36.9 Å². The summed E-state index contributed by atoms with van der Waals surface area (Å²) in [5, 5.41) is 37.1. The van der Waals surface area contributed by atoms with E-state index in [9.17, 15) is 21.0 Å². The Labute approximate surface area is 117 Å². The Bertz CT molecular complexity index is 688. The second-order valence-electron chi connectivity index (χ2n) is 4.79. The van der Waals surface area contributed by atoms with E-state index in [1.165, 1.54) is 0 Å². The minimum atomic E-state index is -1.60. The molecule has 0 saturated heterocycles. The van der Waals surface area contributed by atoms with Gasteiger partial charge in [0.1, 0.15) is 0 Å². The van der Waals surface area contributed by atoms with E-state index in [0.29, 0.717) is 0 Å². The predicted octanol–water partition coefficient (Wildman–Crippen LogP) is 2.88. The number of benzene rings is 1. The lowest BCUT2D eigenvalue weighted by Gasteiger charge is -2.48. The van der Waals surface area contributed by atoms with Crippen LogP contribution < -0.4 is 0 Å². The van der Waals surface area contributed by atoms with E-state index in [0.717, 1.165) is 11.1 Å². The van der Waals surface area contributed by atoms with E-state index in [1.807, 2.05) is 48.5 Å². The Morgan fingerprint density at radius 1 is 1.00 bits per heavy atom. The summed E-state index contributed by atoms with van der Waals surface area (Å²) in [4.78, 5) is 0. The SMILES string of the molecule is C=Cc1ccc(C2CC(C#N)(C#N)C2(C#N)C#N)cc1. The summed E-state index contributed by atoms with van der Waals surface area (Å²) in [6.45, 7) is 3.66. The molecule has 2 rings (SSSR count). The van der Waals surface area contributed by atoms with Gasteiger partial charge >= 0.3 is 0 Å². The monoisotopic (exact) mass is 258 g/mol. The standard InChI is InChI=1S/C16H10N4/c1-2-12-3-5-13(6-4-12)14-7-15(8-17,9-18)16(14,10-19)11-20/h2-6,14H,1,7H2. The minimum absolute atomic E-state index is 0.203. The maximum absolute atomic E-state index is 9.38. The first kappa shape index (κ1) is 13.4. The van der Waals surface area contributed by atoms with Crippen LogP contribution in [0.3, 0.4) is 0 Å². The largest absolute Gasteiger partial charge is 0.196 e. The van der Waals surface area contributed by atoms with E-state index in [4.69, 9.17) is 0 Å². The lowest BCUT2D eigenvalue weighted by atomic mass is 9.44. The summed E-state index contributed by atoms with van der Waals surface area (Å²) >= 11 is 0. The normalized spacial score (nSPS) is 21.1. The van der Waals surface area contributed by atoms with E-state index < -0.39 is 16.7 Å². The maximum atomic E-state index is 9.38. The molecule has 0 aromatic heterocycles. The molecule has 0 heterocycles. The van der Waals surface area contributed by atoms with Crippen molar-refractivity contribution in [2.45, 2.75) is 12.3 Å². The molecule has 4 nitrogen and oxygen atoms in total. The number of rotatable bonds is 2. The van der Waals surface area contributed by atoms with Crippen LogP contribution in [0.4, 0.5) is 0 Å². The van der Waals surface area contributed by atoms with E-state index in [2.05, 4.69) is 6.58 Å². The molecule has 0 spiro atoms. The second-order valence-corrected chi connectivity index (χ2v) is 4.79. The molecule has 20 heavy (non-hydrogen) atoms. The highest BCUT2D eigenvalue weighted by Gasteiger charge is 2.69. The van der Waals surface area contributed by atoms with Crippen molar-refractivity contribution < 1.29 is 0 Å². The van der Waals surface area contributed by atoms with Gasteiger partial charge in [-0.3, -0.25) is 0 Å². The van der Waals surface area contributed by atoms with Crippen molar-refractivity contribution >= 4 is 6.08 Å². The highest BCUT2D eigenvalue weighted by Crippen LogP contribution is 2.64. The fourth-order valence-corrected chi connectivity index (χ4v) is 2.68. The number of hydrogen-bond donors (Lipinski definition) is 0. The first-order chi connectivity index (χ1) is 9.62. The molecule has 1 aliphatic carbocycles. The molecular formula is C16H10N4. The maximum Gasteiger partial charge on any atom is 0.182 e. The lowest BCUT2D eigenvalue weighted by Crippen LogP contribution is -2.54. The van der Waals surface area contributed by atoms with Crippen LogP contribution in [-0.2, 0) is 0 Å². The van der Waals surface area contributed by atoms with Gasteiger partial charge in [0.15, 0.2) is 10.8 Å². The lowest BCUT2D eigenvalue weighted by molar-refractivity contribution is 0.0941. The predicted molar refractivity (Wildman–Crippen MR) is 71.2 cm³/mol. The Hall–Kier alpha value is -3.08. The molecular weight excluding hydrogens is 248 g/mol. The van der Waals surface area contributed by atoms with Crippen molar-refractivity contribution in [1.29, 1.82) is 21.0 Å². The Balaban J connectivity index is 2.49.